The molecule has 0 radical (unpaired) electrons. The second kappa shape index (κ2) is 6.88. The molecule has 3 heteroatoms. The summed E-state index contributed by atoms with van der Waals surface area (Å²) in [5.74, 6) is 0.632. The van der Waals surface area contributed by atoms with Gasteiger partial charge in [-0.2, -0.15) is 0 Å². The minimum absolute atomic E-state index is 0.0768. The normalized spacial score (nSPS) is 32.3. The average Bonchev–Trinajstić information content (AvgIpc) is 2.40. The molecule has 2 fully saturated rings. The van der Waals surface area contributed by atoms with E-state index >= 15 is 0 Å². The van der Waals surface area contributed by atoms with Crippen molar-refractivity contribution in [1.82, 2.24) is 5.32 Å². The van der Waals surface area contributed by atoms with E-state index in [0.717, 1.165) is 25.9 Å². The molecule has 0 aliphatic heterocycles. The van der Waals surface area contributed by atoms with Gasteiger partial charge in [0.25, 0.3) is 0 Å². The van der Waals surface area contributed by atoms with Crippen molar-refractivity contribution in [2.45, 2.75) is 63.9 Å². The second-order valence-corrected chi connectivity index (χ2v) is 6.54. The summed E-state index contributed by atoms with van der Waals surface area (Å²) in [7, 11) is 0. The van der Waals surface area contributed by atoms with E-state index in [-0.39, 0.29) is 11.5 Å². The van der Waals surface area contributed by atoms with Gasteiger partial charge in [0.2, 0.25) is 0 Å². The lowest BCUT2D eigenvalue weighted by Crippen LogP contribution is -2.41. The van der Waals surface area contributed by atoms with Crippen LogP contribution in [0.5, 0.6) is 0 Å². The number of nitrogens with one attached hydrogen (secondary N) is 1. The summed E-state index contributed by atoms with van der Waals surface area (Å²) in [4.78, 5) is 0. The van der Waals surface area contributed by atoms with E-state index in [0.29, 0.717) is 12.5 Å². The molecule has 2 rings (SSSR count). The van der Waals surface area contributed by atoms with Crippen LogP contribution in [0.15, 0.2) is 0 Å². The highest BCUT2D eigenvalue weighted by atomic mass is 16.3. The van der Waals surface area contributed by atoms with Crippen molar-refractivity contribution < 1.29 is 10.2 Å². The molecule has 18 heavy (non-hydrogen) atoms. The molecule has 0 aromatic rings. The van der Waals surface area contributed by atoms with Crippen LogP contribution in [0.1, 0.15) is 57.8 Å². The van der Waals surface area contributed by atoms with Gasteiger partial charge in [-0.1, -0.05) is 25.7 Å². The predicted molar refractivity (Wildman–Crippen MR) is 73.4 cm³/mol. The summed E-state index contributed by atoms with van der Waals surface area (Å²) < 4.78 is 0. The Kier molecular flexibility index (Phi) is 5.46. The molecule has 3 N–H and O–H groups in total. The van der Waals surface area contributed by atoms with E-state index in [9.17, 15) is 10.2 Å². The van der Waals surface area contributed by atoms with Crippen LogP contribution in [0.2, 0.25) is 0 Å². The monoisotopic (exact) mass is 255 g/mol. The molecular formula is C15H29NO2. The zero-order valence-corrected chi connectivity index (χ0v) is 11.5. The van der Waals surface area contributed by atoms with Crippen LogP contribution in [0, 0.1) is 11.3 Å². The van der Waals surface area contributed by atoms with Gasteiger partial charge in [0.15, 0.2) is 0 Å². The number of hydrogen-bond acceptors (Lipinski definition) is 3. The fraction of sp³-hybridized carbons (Fsp3) is 1.00. The smallest absolute Gasteiger partial charge is 0.0543 e. The Morgan fingerprint density at radius 3 is 2.50 bits per heavy atom. The standard InChI is InChI=1S/C15H29NO2/c17-12-15(7-2-1-3-8-15)11-16-10-13-5-4-6-14(18)9-13/h13-14,16-18H,1-12H2. The lowest BCUT2D eigenvalue weighted by molar-refractivity contribution is 0.0737. The van der Waals surface area contributed by atoms with Crippen LogP contribution in [0.3, 0.4) is 0 Å². The van der Waals surface area contributed by atoms with Crippen LogP contribution < -0.4 is 5.32 Å². The fourth-order valence-corrected chi connectivity index (χ4v) is 3.68. The summed E-state index contributed by atoms with van der Waals surface area (Å²) in [6, 6.07) is 0. The quantitative estimate of drug-likeness (QED) is 0.705. The van der Waals surface area contributed by atoms with Crippen molar-refractivity contribution in [2.75, 3.05) is 19.7 Å². The molecule has 0 heterocycles. The number of aliphatic hydroxyl groups is 2. The SMILES string of the molecule is OCC1(CNCC2CCCC(O)C2)CCCCC1. The Morgan fingerprint density at radius 2 is 1.83 bits per heavy atom. The lowest BCUT2D eigenvalue weighted by atomic mass is 9.74. The van der Waals surface area contributed by atoms with Gasteiger partial charge in [-0.3, -0.25) is 0 Å². The molecule has 0 aromatic heterocycles. The van der Waals surface area contributed by atoms with E-state index in [1.807, 2.05) is 0 Å². The molecule has 0 aromatic carbocycles. The van der Waals surface area contributed by atoms with Crippen molar-refractivity contribution >= 4 is 0 Å². The van der Waals surface area contributed by atoms with Crippen molar-refractivity contribution in [3.05, 3.63) is 0 Å². The van der Waals surface area contributed by atoms with Gasteiger partial charge in [0, 0.05) is 18.6 Å². The summed E-state index contributed by atoms with van der Waals surface area (Å²) in [5, 5.41) is 22.9. The molecule has 0 spiro atoms. The highest BCUT2D eigenvalue weighted by molar-refractivity contribution is 4.85. The zero-order chi connectivity index (χ0) is 12.8. The largest absolute Gasteiger partial charge is 0.396 e. The molecule has 3 nitrogen and oxygen atoms in total. The molecule has 106 valence electrons. The topological polar surface area (TPSA) is 52.5 Å². The maximum Gasteiger partial charge on any atom is 0.0543 e. The summed E-state index contributed by atoms with van der Waals surface area (Å²) in [6.45, 7) is 2.29. The Balaban J connectivity index is 1.69. The Labute approximate surface area is 111 Å². The van der Waals surface area contributed by atoms with E-state index in [2.05, 4.69) is 5.32 Å². The van der Waals surface area contributed by atoms with Gasteiger partial charge in [-0.15, -0.1) is 0 Å². The third-order valence-corrected chi connectivity index (χ3v) is 4.94. The minimum atomic E-state index is -0.0768. The highest BCUT2D eigenvalue weighted by Gasteiger charge is 2.31. The number of hydrogen-bond donors (Lipinski definition) is 3. The van der Waals surface area contributed by atoms with Crippen LogP contribution in [0.25, 0.3) is 0 Å². The summed E-state index contributed by atoms with van der Waals surface area (Å²) in [6.07, 6.45) is 10.5. The molecule has 2 aliphatic rings. The van der Waals surface area contributed by atoms with Gasteiger partial charge < -0.3 is 15.5 Å². The maximum atomic E-state index is 9.66. The van der Waals surface area contributed by atoms with Crippen molar-refractivity contribution in [3.8, 4) is 0 Å². The van der Waals surface area contributed by atoms with E-state index in [4.69, 9.17) is 0 Å². The van der Waals surface area contributed by atoms with Crippen molar-refractivity contribution in [3.63, 3.8) is 0 Å². The van der Waals surface area contributed by atoms with E-state index in [1.54, 1.807) is 0 Å². The fourth-order valence-electron chi connectivity index (χ4n) is 3.68. The summed E-state index contributed by atoms with van der Waals surface area (Å²) >= 11 is 0. The van der Waals surface area contributed by atoms with Crippen molar-refractivity contribution in [1.29, 1.82) is 0 Å². The molecule has 2 aliphatic carbocycles. The first kappa shape index (κ1) is 14.3. The average molecular weight is 255 g/mol. The first-order valence-corrected chi connectivity index (χ1v) is 7.74. The predicted octanol–water partition coefficient (Wildman–Crippen LogP) is 2.07. The first-order chi connectivity index (χ1) is 8.74. The van der Waals surface area contributed by atoms with Crippen molar-refractivity contribution in [2.24, 2.45) is 11.3 Å². The molecule has 2 saturated carbocycles. The minimum Gasteiger partial charge on any atom is -0.396 e. The maximum absolute atomic E-state index is 9.66. The van der Waals surface area contributed by atoms with Crippen LogP contribution in [-0.4, -0.2) is 36.0 Å². The van der Waals surface area contributed by atoms with Gasteiger partial charge in [-0.05, 0) is 44.6 Å². The van der Waals surface area contributed by atoms with Crippen LogP contribution >= 0.6 is 0 Å². The number of rotatable bonds is 5. The first-order valence-electron chi connectivity index (χ1n) is 7.74. The Hall–Kier alpha value is -0.120. The van der Waals surface area contributed by atoms with Gasteiger partial charge in [0.05, 0.1) is 6.10 Å². The van der Waals surface area contributed by atoms with E-state index in [1.165, 1.54) is 44.9 Å². The zero-order valence-electron chi connectivity index (χ0n) is 11.5. The Bertz CT molecular complexity index is 239. The van der Waals surface area contributed by atoms with Gasteiger partial charge >= 0.3 is 0 Å². The van der Waals surface area contributed by atoms with E-state index < -0.39 is 0 Å². The molecular weight excluding hydrogens is 226 g/mol. The van der Waals surface area contributed by atoms with Gasteiger partial charge in [0.1, 0.15) is 0 Å². The highest BCUT2D eigenvalue weighted by Crippen LogP contribution is 2.35. The second-order valence-electron chi connectivity index (χ2n) is 6.54. The molecule has 0 bridgehead atoms. The lowest BCUT2D eigenvalue weighted by Gasteiger charge is -2.36. The molecule has 0 amide bonds. The van der Waals surface area contributed by atoms with Gasteiger partial charge in [-0.25, -0.2) is 0 Å². The van der Waals surface area contributed by atoms with Crippen LogP contribution in [0.4, 0.5) is 0 Å². The summed E-state index contributed by atoms with van der Waals surface area (Å²) in [5.41, 5.74) is 0.144. The van der Waals surface area contributed by atoms with Crippen LogP contribution in [-0.2, 0) is 0 Å². The third kappa shape index (κ3) is 3.94. The Morgan fingerprint density at radius 1 is 1.06 bits per heavy atom. The third-order valence-electron chi connectivity index (χ3n) is 4.94. The number of aliphatic hydroxyl groups excluding tert-OH is 2. The molecule has 2 unspecified atom stereocenters. The molecule has 0 saturated heterocycles. The molecule has 2 atom stereocenters.